The van der Waals surface area contributed by atoms with Crippen LogP contribution in [0.15, 0.2) is 0 Å². The van der Waals surface area contributed by atoms with Gasteiger partial charge in [-0.3, -0.25) is 0 Å². The van der Waals surface area contributed by atoms with Gasteiger partial charge in [-0.2, -0.15) is 5.26 Å². The fourth-order valence-corrected chi connectivity index (χ4v) is 3.35. The quantitative estimate of drug-likeness (QED) is 0.473. The van der Waals surface area contributed by atoms with E-state index in [9.17, 15) is 5.11 Å². The number of ether oxygens (including phenoxy) is 1. The van der Waals surface area contributed by atoms with Crippen molar-refractivity contribution in [3.8, 4) is 6.07 Å². The summed E-state index contributed by atoms with van der Waals surface area (Å²) in [6.45, 7) is 0. The Bertz CT molecular complexity index is 310. The first-order chi connectivity index (χ1) is 5.32. The highest BCUT2D eigenvalue weighted by Crippen LogP contribution is 2.90. The number of aliphatic hydroxyl groups is 1. The average Bonchev–Trinajstić information content (AvgIpc) is 2.85. The lowest BCUT2D eigenvalue weighted by molar-refractivity contribution is 0.0754. The molecular formula is C8H7NO2. The molecule has 4 aliphatic rings. The van der Waals surface area contributed by atoms with E-state index in [0.29, 0.717) is 11.8 Å². The lowest BCUT2D eigenvalue weighted by atomic mass is 9.81. The van der Waals surface area contributed by atoms with Crippen LogP contribution >= 0.6 is 0 Å². The van der Waals surface area contributed by atoms with Crippen molar-refractivity contribution in [2.24, 2.45) is 23.2 Å². The van der Waals surface area contributed by atoms with Gasteiger partial charge in [-0.15, -0.1) is 0 Å². The summed E-state index contributed by atoms with van der Waals surface area (Å²) in [7, 11) is 0. The number of nitrogens with zero attached hydrogens (tertiary/aromatic N) is 1. The van der Waals surface area contributed by atoms with Crippen LogP contribution in [0.1, 0.15) is 0 Å². The lowest BCUT2D eigenvalue weighted by Crippen LogP contribution is -2.36. The Labute approximate surface area is 63.6 Å². The van der Waals surface area contributed by atoms with Crippen molar-refractivity contribution in [3.63, 3.8) is 0 Å². The maximum Gasteiger partial charge on any atom is 0.111 e. The van der Waals surface area contributed by atoms with Crippen LogP contribution in [-0.2, 0) is 4.74 Å². The third-order valence-corrected chi connectivity index (χ3v) is 4.02. The maximum atomic E-state index is 9.57. The number of aliphatic hydroxyl groups excluding tert-OH is 1. The van der Waals surface area contributed by atoms with Crippen molar-refractivity contribution in [2.75, 3.05) is 0 Å². The monoisotopic (exact) mass is 149 g/mol. The molecule has 11 heavy (non-hydrogen) atoms. The number of fused-ring (bicyclic) bond motifs is 4. The third kappa shape index (κ3) is 0.287. The van der Waals surface area contributed by atoms with Crippen molar-refractivity contribution < 1.29 is 9.84 Å². The molecule has 0 aromatic heterocycles. The molecule has 3 heteroatoms. The van der Waals surface area contributed by atoms with E-state index in [0.717, 1.165) is 0 Å². The summed E-state index contributed by atoms with van der Waals surface area (Å²) in [4.78, 5) is 0. The summed E-state index contributed by atoms with van der Waals surface area (Å²) in [6.07, 6.45) is 0.0273. The van der Waals surface area contributed by atoms with Gasteiger partial charge in [0, 0.05) is 11.8 Å². The van der Waals surface area contributed by atoms with Gasteiger partial charge in [0.1, 0.15) is 6.10 Å². The summed E-state index contributed by atoms with van der Waals surface area (Å²) in [5.74, 6) is 1.29. The molecule has 7 atom stereocenters. The minimum atomic E-state index is -0.324. The van der Waals surface area contributed by atoms with E-state index in [1.54, 1.807) is 0 Å². The first-order valence-electron chi connectivity index (χ1n) is 4.07. The van der Waals surface area contributed by atoms with Gasteiger partial charge >= 0.3 is 0 Å². The van der Waals surface area contributed by atoms with Crippen LogP contribution in [0.5, 0.6) is 0 Å². The molecule has 3 saturated carbocycles. The van der Waals surface area contributed by atoms with E-state index in [1.165, 1.54) is 0 Å². The maximum absolute atomic E-state index is 9.57. The van der Waals surface area contributed by atoms with E-state index in [1.807, 2.05) is 0 Å². The van der Waals surface area contributed by atoms with Gasteiger partial charge in [0.2, 0.25) is 0 Å². The van der Waals surface area contributed by atoms with E-state index < -0.39 is 0 Å². The Hall–Kier alpha value is -0.590. The predicted molar refractivity (Wildman–Crippen MR) is 33.2 cm³/mol. The number of hydrogen-bond donors (Lipinski definition) is 1. The summed E-state index contributed by atoms with van der Waals surface area (Å²) in [6, 6.07) is 2.34. The molecule has 0 aromatic carbocycles. The Morgan fingerprint density at radius 2 is 2.09 bits per heavy atom. The first-order valence-corrected chi connectivity index (χ1v) is 4.07. The fraction of sp³-hybridized carbons (Fsp3) is 0.875. The number of nitriles is 1. The SMILES string of the molecule is N#C[C@]12[C@@H]3[C@H]1[C@H](O)[C@@H]1O[C@@H]1[C@H]32. The van der Waals surface area contributed by atoms with Crippen LogP contribution in [0, 0.1) is 34.5 Å². The normalized spacial score (nSPS) is 79.3. The van der Waals surface area contributed by atoms with Crippen LogP contribution in [0.3, 0.4) is 0 Å². The van der Waals surface area contributed by atoms with E-state index in [2.05, 4.69) is 6.07 Å². The smallest absolute Gasteiger partial charge is 0.111 e. The lowest BCUT2D eigenvalue weighted by Gasteiger charge is -2.22. The zero-order chi connectivity index (χ0) is 7.38. The molecule has 1 aliphatic heterocycles. The van der Waals surface area contributed by atoms with Gasteiger partial charge in [-0.1, -0.05) is 0 Å². The van der Waals surface area contributed by atoms with E-state index in [-0.39, 0.29) is 29.6 Å². The van der Waals surface area contributed by atoms with Crippen molar-refractivity contribution in [1.82, 2.24) is 0 Å². The van der Waals surface area contributed by atoms with E-state index >= 15 is 0 Å². The summed E-state index contributed by atoms with van der Waals surface area (Å²) in [5, 5.41) is 18.4. The number of hydrogen-bond acceptors (Lipinski definition) is 3. The van der Waals surface area contributed by atoms with Crippen LogP contribution in [-0.4, -0.2) is 23.4 Å². The van der Waals surface area contributed by atoms with E-state index in [4.69, 9.17) is 10.00 Å². The van der Waals surface area contributed by atoms with Crippen LogP contribution < -0.4 is 0 Å². The highest BCUT2D eigenvalue weighted by molar-refractivity contribution is 5.48. The minimum Gasteiger partial charge on any atom is -0.390 e. The molecule has 1 heterocycles. The van der Waals surface area contributed by atoms with Crippen molar-refractivity contribution >= 4 is 0 Å². The van der Waals surface area contributed by atoms with Crippen LogP contribution in [0.25, 0.3) is 0 Å². The molecule has 0 amide bonds. The molecule has 56 valence electrons. The molecule has 1 N–H and O–H groups in total. The zero-order valence-electron chi connectivity index (χ0n) is 5.77. The number of rotatable bonds is 0. The molecule has 0 spiro atoms. The fourth-order valence-electron chi connectivity index (χ4n) is 3.35. The van der Waals surface area contributed by atoms with Crippen molar-refractivity contribution in [3.05, 3.63) is 0 Å². The van der Waals surface area contributed by atoms with Crippen molar-refractivity contribution in [2.45, 2.75) is 18.3 Å². The predicted octanol–water partition coefficient (Wildman–Crippen LogP) is -0.486. The Kier molecular flexibility index (Phi) is 0.480. The highest BCUT2D eigenvalue weighted by Gasteiger charge is 2.97. The summed E-state index contributed by atoms with van der Waals surface area (Å²) in [5.41, 5.74) is -0.114. The molecule has 3 nitrogen and oxygen atoms in total. The first kappa shape index (κ1) is 5.13. The molecule has 0 bridgehead atoms. The highest BCUT2D eigenvalue weighted by atomic mass is 16.6. The molecule has 3 aliphatic carbocycles. The second kappa shape index (κ2) is 1.03. The molecule has 4 rings (SSSR count). The van der Waals surface area contributed by atoms with Gasteiger partial charge in [-0.25, -0.2) is 0 Å². The van der Waals surface area contributed by atoms with Gasteiger partial charge in [0.25, 0.3) is 0 Å². The summed E-state index contributed by atoms with van der Waals surface area (Å²) < 4.78 is 5.29. The third-order valence-electron chi connectivity index (χ3n) is 4.02. The minimum absolute atomic E-state index is 0.102. The van der Waals surface area contributed by atoms with Crippen LogP contribution in [0.4, 0.5) is 0 Å². The van der Waals surface area contributed by atoms with Gasteiger partial charge in [-0.05, 0) is 5.92 Å². The Balaban J connectivity index is 1.83. The Morgan fingerprint density at radius 1 is 1.27 bits per heavy atom. The largest absolute Gasteiger partial charge is 0.390 e. The zero-order valence-corrected chi connectivity index (χ0v) is 5.77. The second-order valence-corrected chi connectivity index (χ2v) is 4.18. The molecular weight excluding hydrogens is 142 g/mol. The topological polar surface area (TPSA) is 56.5 Å². The van der Waals surface area contributed by atoms with Gasteiger partial charge < -0.3 is 9.84 Å². The molecule has 4 fully saturated rings. The second-order valence-electron chi connectivity index (χ2n) is 4.18. The van der Waals surface area contributed by atoms with Crippen LogP contribution in [0.2, 0.25) is 0 Å². The molecule has 0 aromatic rings. The molecule has 0 radical (unpaired) electrons. The molecule has 1 saturated heterocycles. The average molecular weight is 149 g/mol. The van der Waals surface area contributed by atoms with Crippen molar-refractivity contribution in [1.29, 1.82) is 5.26 Å². The summed E-state index contributed by atoms with van der Waals surface area (Å²) >= 11 is 0. The Morgan fingerprint density at radius 3 is 2.64 bits per heavy atom. The standard InChI is InChI=1S/C8H7NO2/c9-1-8-2-3(8)5(10)7-6(11-7)4(2)8/h2-7,10H/t2-,3+,4+,5+,6-,7+,8+/m1/s1. The number of epoxide rings is 1. The van der Waals surface area contributed by atoms with Gasteiger partial charge in [0.15, 0.2) is 0 Å². The molecule has 0 unspecified atom stereocenters. The van der Waals surface area contributed by atoms with Gasteiger partial charge in [0.05, 0.1) is 23.7 Å².